The van der Waals surface area contributed by atoms with E-state index in [1.54, 1.807) is 23.6 Å². The van der Waals surface area contributed by atoms with E-state index >= 15 is 0 Å². The largest absolute Gasteiger partial charge is 0.394 e. The van der Waals surface area contributed by atoms with Crippen LogP contribution in [0.4, 0.5) is 0 Å². The van der Waals surface area contributed by atoms with Crippen LogP contribution in [0.3, 0.4) is 0 Å². The maximum Gasteiger partial charge on any atom is 0.133 e. The summed E-state index contributed by atoms with van der Waals surface area (Å²) in [6.07, 6.45) is 11.5. The van der Waals surface area contributed by atoms with E-state index in [1.807, 2.05) is 0 Å². The molecule has 0 aromatic rings. The van der Waals surface area contributed by atoms with Crippen LogP contribution in [0.5, 0.6) is 0 Å². The molecule has 0 heterocycles. The average molecular weight is 359 g/mol. The molecule has 0 spiro atoms. The number of carbonyl (C=O) groups is 1. The van der Waals surface area contributed by atoms with Crippen molar-refractivity contribution < 1.29 is 14.6 Å². The predicted octanol–water partition coefficient (Wildman–Crippen LogP) is 4.60. The number of rotatable bonds is 4. The fourth-order valence-electron chi connectivity index (χ4n) is 6.83. The Morgan fingerprint density at radius 1 is 1.27 bits per heavy atom. The predicted molar refractivity (Wildman–Crippen MR) is 103 cm³/mol. The van der Waals surface area contributed by atoms with Gasteiger partial charge in [0.15, 0.2) is 0 Å². The molecule has 144 valence electrons. The Hall–Kier alpha value is -0.930. The maximum atomic E-state index is 12.2. The molecule has 3 nitrogen and oxygen atoms in total. The highest BCUT2D eigenvalue weighted by molar-refractivity contribution is 5.79. The molecule has 0 amide bonds. The second-order valence-electron chi connectivity index (χ2n) is 9.64. The third-order valence-electron chi connectivity index (χ3n) is 8.11. The van der Waals surface area contributed by atoms with Gasteiger partial charge in [-0.05, 0) is 93.6 Å². The Balaban J connectivity index is 1.60. The lowest BCUT2D eigenvalue weighted by atomic mass is 9.56. The minimum absolute atomic E-state index is 0.103. The first-order valence-electron chi connectivity index (χ1n) is 10.5. The second-order valence-corrected chi connectivity index (χ2v) is 9.64. The number of aliphatic hydroxyl groups is 1. The van der Waals surface area contributed by atoms with E-state index < -0.39 is 0 Å². The van der Waals surface area contributed by atoms with Crippen LogP contribution in [0, 0.1) is 23.2 Å². The number of allylic oxidation sites excluding steroid dienone is 3. The van der Waals surface area contributed by atoms with Crippen LogP contribution in [0.2, 0.25) is 0 Å². The van der Waals surface area contributed by atoms with Gasteiger partial charge in [0.1, 0.15) is 5.78 Å². The minimum Gasteiger partial charge on any atom is -0.394 e. The molecule has 4 aliphatic carbocycles. The van der Waals surface area contributed by atoms with Crippen LogP contribution < -0.4 is 0 Å². The van der Waals surface area contributed by atoms with Crippen LogP contribution in [0.25, 0.3) is 0 Å². The van der Waals surface area contributed by atoms with E-state index in [0.29, 0.717) is 24.2 Å². The van der Waals surface area contributed by atoms with Crippen molar-refractivity contribution in [2.45, 2.75) is 77.7 Å². The maximum absolute atomic E-state index is 12.2. The molecule has 4 rings (SSSR count). The van der Waals surface area contributed by atoms with E-state index in [2.05, 4.69) is 19.9 Å². The van der Waals surface area contributed by atoms with Crippen molar-refractivity contribution in [1.29, 1.82) is 0 Å². The Morgan fingerprint density at radius 2 is 2.08 bits per heavy atom. The van der Waals surface area contributed by atoms with Gasteiger partial charge in [0.2, 0.25) is 0 Å². The highest BCUT2D eigenvalue weighted by atomic mass is 16.5. The molecule has 4 aliphatic rings. The number of Topliss-reactive ketones (excluding diaryl/α,β-unsaturated/α-hetero) is 1. The number of carbonyl (C=O) groups excluding carboxylic acids is 1. The standard InChI is InChI=1S/C23H34O3/c1-15(25)20-6-7-21-19-5-4-16-14-22(2,26-13-12-24)10-8-17(16)18(19)9-11-23(20,21)3/h9,19-21,24H,4-8,10-14H2,1-3H3. The lowest BCUT2D eigenvalue weighted by Crippen LogP contribution is -2.42. The summed E-state index contributed by atoms with van der Waals surface area (Å²) in [6.45, 7) is 6.94. The van der Waals surface area contributed by atoms with Crippen molar-refractivity contribution in [3.8, 4) is 0 Å². The minimum atomic E-state index is -0.106. The summed E-state index contributed by atoms with van der Waals surface area (Å²) in [5, 5.41) is 9.10. The van der Waals surface area contributed by atoms with Crippen molar-refractivity contribution in [3.63, 3.8) is 0 Å². The summed E-state index contributed by atoms with van der Waals surface area (Å²) in [5.41, 5.74) is 4.93. The molecule has 0 radical (unpaired) electrons. The van der Waals surface area contributed by atoms with E-state index in [9.17, 15) is 4.79 Å². The van der Waals surface area contributed by atoms with Crippen LogP contribution in [-0.2, 0) is 9.53 Å². The third-order valence-corrected chi connectivity index (χ3v) is 8.11. The highest BCUT2D eigenvalue weighted by Gasteiger charge is 2.54. The normalized spacial score (nSPS) is 42.0. The molecule has 5 atom stereocenters. The summed E-state index contributed by atoms with van der Waals surface area (Å²) in [6, 6.07) is 0. The number of ketones is 1. The monoisotopic (exact) mass is 358 g/mol. The van der Waals surface area contributed by atoms with Gasteiger partial charge in [0, 0.05) is 5.92 Å². The fourth-order valence-corrected chi connectivity index (χ4v) is 6.83. The number of aliphatic hydroxyl groups excluding tert-OH is 1. The summed E-state index contributed by atoms with van der Waals surface area (Å²) in [5.74, 6) is 2.02. The summed E-state index contributed by atoms with van der Waals surface area (Å²) >= 11 is 0. The molecule has 1 fully saturated rings. The third kappa shape index (κ3) is 2.82. The van der Waals surface area contributed by atoms with Crippen LogP contribution >= 0.6 is 0 Å². The van der Waals surface area contributed by atoms with Gasteiger partial charge in [-0.2, -0.15) is 0 Å². The van der Waals surface area contributed by atoms with Gasteiger partial charge >= 0.3 is 0 Å². The molecular formula is C23H34O3. The van der Waals surface area contributed by atoms with Crippen molar-refractivity contribution in [3.05, 3.63) is 22.8 Å². The Kier molecular flexibility index (Phi) is 4.68. The molecule has 3 heteroatoms. The van der Waals surface area contributed by atoms with Gasteiger partial charge in [-0.25, -0.2) is 0 Å². The SMILES string of the molecule is CC(=O)C1CCC2C3CCC4=C(CCC(C)(OCCO)C4)C3=CCC12C. The van der Waals surface area contributed by atoms with Crippen molar-refractivity contribution >= 4 is 5.78 Å². The van der Waals surface area contributed by atoms with Gasteiger partial charge in [-0.3, -0.25) is 4.79 Å². The van der Waals surface area contributed by atoms with Crippen molar-refractivity contribution in [2.75, 3.05) is 13.2 Å². The number of hydrogen-bond donors (Lipinski definition) is 1. The molecule has 26 heavy (non-hydrogen) atoms. The van der Waals surface area contributed by atoms with Crippen LogP contribution in [0.15, 0.2) is 22.8 Å². The zero-order valence-electron chi connectivity index (χ0n) is 16.6. The first-order valence-corrected chi connectivity index (χ1v) is 10.5. The zero-order valence-corrected chi connectivity index (χ0v) is 16.6. The fraction of sp³-hybridized carbons (Fsp3) is 0.783. The second kappa shape index (κ2) is 6.60. The Labute approximate surface area is 157 Å². The molecule has 5 unspecified atom stereocenters. The lowest BCUT2D eigenvalue weighted by molar-refractivity contribution is -0.124. The Morgan fingerprint density at radius 3 is 2.81 bits per heavy atom. The molecule has 0 saturated heterocycles. The topological polar surface area (TPSA) is 46.5 Å². The first kappa shape index (κ1) is 18.4. The zero-order chi connectivity index (χ0) is 18.5. The number of hydrogen-bond acceptors (Lipinski definition) is 3. The summed E-state index contributed by atoms with van der Waals surface area (Å²) in [7, 11) is 0. The van der Waals surface area contributed by atoms with E-state index in [0.717, 1.165) is 32.1 Å². The van der Waals surface area contributed by atoms with Crippen LogP contribution in [-0.4, -0.2) is 29.7 Å². The molecule has 1 saturated carbocycles. The molecule has 1 N–H and O–H groups in total. The molecule has 0 bridgehead atoms. The van der Waals surface area contributed by atoms with Gasteiger partial charge in [0.05, 0.1) is 18.8 Å². The van der Waals surface area contributed by atoms with Gasteiger partial charge < -0.3 is 9.84 Å². The lowest BCUT2D eigenvalue weighted by Gasteiger charge is -2.49. The molecular weight excluding hydrogens is 324 g/mol. The molecule has 0 aliphatic heterocycles. The van der Waals surface area contributed by atoms with E-state index in [1.165, 1.54) is 19.3 Å². The molecule has 0 aromatic carbocycles. The summed E-state index contributed by atoms with van der Waals surface area (Å²) < 4.78 is 5.99. The number of fused-ring (bicyclic) bond motifs is 4. The van der Waals surface area contributed by atoms with Gasteiger partial charge in [-0.15, -0.1) is 0 Å². The first-order chi connectivity index (χ1) is 12.4. The average Bonchev–Trinajstić information content (AvgIpc) is 2.97. The number of ether oxygens (including phenoxy) is 1. The van der Waals surface area contributed by atoms with Gasteiger partial charge in [-0.1, -0.05) is 18.6 Å². The smallest absolute Gasteiger partial charge is 0.133 e. The van der Waals surface area contributed by atoms with Crippen LogP contribution in [0.1, 0.15) is 72.1 Å². The van der Waals surface area contributed by atoms with Crippen molar-refractivity contribution in [1.82, 2.24) is 0 Å². The molecule has 0 aromatic heterocycles. The summed E-state index contributed by atoms with van der Waals surface area (Å²) in [4.78, 5) is 12.2. The van der Waals surface area contributed by atoms with Crippen molar-refractivity contribution in [2.24, 2.45) is 23.2 Å². The van der Waals surface area contributed by atoms with E-state index in [4.69, 9.17) is 9.84 Å². The van der Waals surface area contributed by atoms with E-state index in [-0.39, 0.29) is 23.5 Å². The quantitative estimate of drug-likeness (QED) is 0.799. The Bertz CT molecular complexity index is 660. The highest BCUT2D eigenvalue weighted by Crippen LogP contribution is 2.61. The van der Waals surface area contributed by atoms with Gasteiger partial charge in [0.25, 0.3) is 0 Å².